The molecule has 0 saturated heterocycles. The molecule has 2 aromatic carbocycles. The summed E-state index contributed by atoms with van der Waals surface area (Å²) in [5.41, 5.74) is 1.39. The van der Waals surface area contributed by atoms with Gasteiger partial charge >= 0.3 is 0 Å². The molecule has 0 bridgehead atoms. The van der Waals surface area contributed by atoms with Crippen molar-refractivity contribution in [2.75, 3.05) is 14.2 Å². The highest BCUT2D eigenvalue weighted by molar-refractivity contribution is 6.45. The van der Waals surface area contributed by atoms with Gasteiger partial charge in [0.2, 0.25) is 0 Å². The Kier molecular flexibility index (Phi) is 6.99. The molecule has 0 aliphatic carbocycles. The first-order valence-corrected chi connectivity index (χ1v) is 8.01. The number of benzene rings is 2. The highest BCUT2D eigenvalue weighted by Gasteiger charge is 2.17. The standard InChI is InChI=1S/C19H19F2N3O3/c1-12(16-10-14(20)8-9-17(16)21)23-27-11-13-6-4-5-7-15(13)18(24-26-3)19(25)22-2/h4-10H,11H2,1-3H3,(H,22,25)/b23-12+,24-18+. The highest BCUT2D eigenvalue weighted by atomic mass is 19.1. The van der Waals surface area contributed by atoms with Crippen molar-refractivity contribution in [1.82, 2.24) is 5.32 Å². The van der Waals surface area contributed by atoms with Gasteiger partial charge in [-0.2, -0.15) is 0 Å². The average molecular weight is 375 g/mol. The van der Waals surface area contributed by atoms with Crippen LogP contribution in [0.3, 0.4) is 0 Å². The Morgan fingerprint density at radius 1 is 1.11 bits per heavy atom. The van der Waals surface area contributed by atoms with E-state index in [1.165, 1.54) is 21.1 Å². The van der Waals surface area contributed by atoms with Gasteiger partial charge in [-0.25, -0.2) is 8.78 Å². The summed E-state index contributed by atoms with van der Waals surface area (Å²) in [6, 6.07) is 10.0. The largest absolute Gasteiger partial charge is 0.398 e. The quantitative estimate of drug-likeness (QED) is 0.597. The SMILES string of the molecule is CNC(=O)/C(=N/OC)c1ccccc1CO/N=C(\C)c1cc(F)ccc1F. The molecule has 27 heavy (non-hydrogen) atoms. The van der Waals surface area contributed by atoms with Gasteiger partial charge in [0.25, 0.3) is 5.91 Å². The third-order valence-corrected chi connectivity index (χ3v) is 3.64. The number of hydrogen-bond donors (Lipinski definition) is 1. The van der Waals surface area contributed by atoms with E-state index in [-0.39, 0.29) is 23.6 Å². The lowest BCUT2D eigenvalue weighted by Gasteiger charge is -2.10. The Morgan fingerprint density at radius 2 is 1.85 bits per heavy atom. The molecule has 2 rings (SSSR count). The van der Waals surface area contributed by atoms with Crippen LogP contribution in [0.15, 0.2) is 52.8 Å². The maximum absolute atomic E-state index is 13.8. The van der Waals surface area contributed by atoms with Gasteiger partial charge in [-0.15, -0.1) is 0 Å². The van der Waals surface area contributed by atoms with Crippen LogP contribution in [0.4, 0.5) is 8.78 Å². The molecular weight excluding hydrogens is 356 g/mol. The van der Waals surface area contributed by atoms with Crippen molar-refractivity contribution in [1.29, 1.82) is 0 Å². The molecule has 0 atom stereocenters. The summed E-state index contributed by atoms with van der Waals surface area (Å²) < 4.78 is 27.1. The second-order valence-electron chi connectivity index (χ2n) is 5.43. The van der Waals surface area contributed by atoms with Crippen LogP contribution in [0.25, 0.3) is 0 Å². The highest BCUT2D eigenvalue weighted by Crippen LogP contribution is 2.14. The molecule has 0 saturated carbocycles. The molecule has 0 fully saturated rings. The molecule has 6 nitrogen and oxygen atoms in total. The van der Waals surface area contributed by atoms with Gasteiger partial charge in [0.15, 0.2) is 5.71 Å². The third-order valence-electron chi connectivity index (χ3n) is 3.64. The predicted molar refractivity (Wildman–Crippen MR) is 97.4 cm³/mol. The van der Waals surface area contributed by atoms with Gasteiger partial charge in [-0.3, -0.25) is 4.79 Å². The summed E-state index contributed by atoms with van der Waals surface area (Å²) in [5, 5.41) is 10.1. The minimum atomic E-state index is -0.601. The fraction of sp³-hybridized carbons (Fsp3) is 0.211. The van der Waals surface area contributed by atoms with Crippen molar-refractivity contribution in [3.8, 4) is 0 Å². The van der Waals surface area contributed by atoms with E-state index in [9.17, 15) is 13.6 Å². The van der Waals surface area contributed by atoms with Crippen molar-refractivity contribution < 1.29 is 23.3 Å². The fourth-order valence-corrected chi connectivity index (χ4v) is 2.32. The first-order valence-electron chi connectivity index (χ1n) is 8.01. The first-order chi connectivity index (χ1) is 13.0. The lowest BCUT2D eigenvalue weighted by molar-refractivity contribution is -0.114. The van der Waals surface area contributed by atoms with Gasteiger partial charge in [0.1, 0.15) is 25.4 Å². The van der Waals surface area contributed by atoms with E-state index in [0.29, 0.717) is 11.1 Å². The monoisotopic (exact) mass is 375 g/mol. The summed E-state index contributed by atoms with van der Waals surface area (Å²) in [6.45, 7) is 1.50. The van der Waals surface area contributed by atoms with Crippen molar-refractivity contribution in [2.24, 2.45) is 10.3 Å². The van der Waals surface area contributed by atoms with Crippen LogP contribution < -0.4 is 5.32 Å². The number of likely N-dealkylation sites (N-methyl/N-ethyl adjacent to an activating group) is 1. The van der Waals surface area contributed by atoms with Crippen LogP contribution in [-0.4, -0.2) is 31.5 Å². The summed E-state index contributed by atoms with van der Waals surface area (Å²) in [4.78, 5) is 22.1. The average Bonchev–Trinajstić information content (AvgIpc) is 2.67. The van der Waals surface area contributed by atoms with Crippen molar-refractivity contribution in [2.45, 2.75) is 13.5 Å². The first kappa shape index (κ1) is 20.0. The molecular formula is C19H19F2N3O3. The number of nitrogens with zero attached hydrogens (tertiary/aromatic N) is 2. The zero-order valence-corrected chi connectivity index (χ0v) is 15.1. The van der Waals surface area contributed by atoms with E-state index in [0.717, 1.165) is 18.2 Å². The Balaban J connectivity index is 2.23. The van der Waals surface area contributed by atoms with Crippen molar-refractivity contribution >= 4 is 17.3 Å². The Morgan fingerprint density at radius 3 is 2.56 bits per heavy atom. The van der Waals surface area contributed by atoms with E-state index in [4.69, 9.17) is 9.68 Å². The lowest BCUT2D eigenvalue weighted by atomic mass is 10.0. The minimum Gasteiger partial charge on any atom is -0.398 e. The van der Waals surface area contributed by atoms with Crippen LogP contribution in [0.5, 0.6) is 0 Å². The van der Waals surface area contributed by atoms with E-state index >= 15 is 0 Å². The number of oxime groups is 2. The van der Waals surface area contributed by atoms with E-state index in [1.54, 1.807) is 24.3 Å². The maximum Gasteiger partial charge on any atom is 0.273 e. The molecule has 0 aliphatic rings. The van der Waals surface area contributed by atoms with Crippen LogP contribution >= 0.6 is 0 Å². The number of hydrogen-bond acceptors (Lipinski definition) is 5. The molecule has 2 aromatic rings. The molecule has 0 unspecified atom stereocenters. The molecule has 142 valence electrons. The topological polar surface area (TPSA) is 72.3 Å². The predicted octanol–water partition coefficient (Wildman–Crippen LogP) is 3.00. The van der Waals surface area contributed by atoms with E-state index in [2.05, 4.69) is 15.6 Å². The molecule has 0 aromatic heterocycles. The number of nitrogens with one attached hydrogen (secondary N) is 1. The molecule has 1 amide bonds. The lowest BCUT2D eigenvalue weighted by Crippen LogP contribution is -2.29. The summed E-state index contributed by atoms with van der Waals surface area (Å²) in [6.07, 6.45) is 0. The van der Waals surface area contributed by atoms with E-state index < -0.39 is 17.5 Å². The van der Waals surface area contributed by atoms with Gasteiger partial charge in [-0.1, -0.05) is 34.6 Å². The van der Waals surface area contributed by atoms with Crippen LogP contribution in [-0.2, 0) is 21.1 Å². The molecule has 0 aliphatic heterocycles. The Bertz CT molecular complexity index is 882. The molecule has 8 heteroatoms. The minimum absolute atomic E-state index is 0.00952. The normalized spacial score (nSPS) is 11.9. The summed E-state index contributed by atoms with van der Waals surface area (Å²) in [5.74, 6) is -1.60. The van der Waals surface area contributed by atoms with Crippen molar-refractivity contribution in [3.63, 3.8) is 0 Å². The van der Waals surface area contributed by atoms with Gasteiger partial charge < -0.3 is 15.0 Å². The number of carbonyl (C=O) groups excluding carboxylic acids is 1. The fourth-order valence-electron chi connectivity index (χ4n) is 2.32. The number of amides is 1. The zero-order chi connectivity index (χ0) is 19.8. The third kappa shape index (κ3) is 5.10. The second-order valence-corrected chi connectivity index (χ2v) is 5.43. The number of carbonyl (C=O) groups is 1. The zero-order valence-electron chi connectivity index (χ0n) is 15.1. The molecule has 1 N–H and O–H groups in total. The van der Waals surface area contributed by atoms with Crippen LogP contribution in [0.2, 0.25) is 0 Å². The summed E-state index contributed by atoms with van der Waals surface area (Å²) >= 11 is 0. The van der Waals surface area contributed by atoms with Crippen LogP contribution in [0.1, 0.15) is 23.6 Å². The Hall–Kier alpha value is -3.29. The maximum atomic E-state index is 13.8. The van der Waals surface area contributed by atoms with Crippen LogP contribution in [0, 0.1) is 11.6 Å². The molecule has 0 heterocycles. The number of halogens is 2. The summed E-state index contributed by atoms with van der Waals surface area (Å²) in [7, 11) is 2.82. The van der Waals surface area contributed by atoms with Gasteiger partial charge in [0.05, 0.1) is 5.71 Å². The van der Waals surface area contributed by atoms with E-state index in [1.807, 2.05) is 0 Å². The molecule has 0 spiro atoms. The smallest absolute Gasteiger partial charge is 0.273 e. The van der Waals surface area contributed by atoms with Gasteiger partial charge in [-0.05, 0) is 25.1 Å². The second kappa shape index (κ2) is 9.42. The van der Waals surface area contributed by atoms with Crippen molar-refractivity contribution in [3.05, 3.63) is 70.8 Å². The van der Waals surface area contributed by atoms with Gasteiger partial charge in [0, 0.05) is 23.7 Å². The molecule has 0 radical (unpaired) electrons. The number of rotatable bonds is 7. The Labute approximate surface area is 155 Å².